The van der Waals surface area contributed by atoms with Crippen LogP contribution in [0.15, 0.2) is 72.1 Å². The highest BCUT2D eigenvalue weighted by atomic mass is 35.5. The van der Waals surface area contributed by atoms with Crippen molar-refractivity contribution in [3.63, 3.8) is 0 Å². The highest BCUT2D eigenvalue weighted by molar-refractivity contribution is 7.09. The number of halogens is 1. The fourth-order valence-corrected chi connectivity index (χ4v) is 5.58. The topological polar surface area (TPSA) is 111 Å². The van der Waals surface area contributed by atoms with Gasteiger partial charge in [-0.3, -0.25) is 9.59 Å². The Balaban J connectivity index is 1.27. The second-order valence-electron chi connectivity index (χ2n) is 9.37. The molecule has 0 aliphatic carbocycles. The van der Waals surface area contributed by atoms with Gasteiger partial charge in [-0.2, -0.15) is 0 Å². The van der Waals surface area contributed by atoms with Crippen LogP contribution in [0.3, 0.4) is 0 Å². The van der Waals surface area contributed by atoms with E-state index in [4.69, 9.17) is 26.1 Å². The first kappa shape index (κ1) is 26.7. The van der Waals surface area contributed by atoms with Crippen LogP contribution < -0.4 is 14.8 Å². The summed E-state index contributed by atoms with van der Waals surface area (Å²) in [7, 11) is 0. The van der Waals surface area contributed by atoms with E-state index in [9.17, 15) is 9.59 Å². The number of hydrogen-bond donors (Lipinski definition) is 1. The van der Waals surface area contributed by atoms with Gasteiger partial charge >= 0.3 is 0 Å². The lowest BCUT2D eigenvalue weighted by Crippen LogP contribution is -2.47. The van der Waals surface area contributed by atoms with Crippen LogP contribution in [0.2, 0.25) is 5.02 Å². The average Bonchev–Trinajstić information content (AvgIpc) is 3.73. The molecule has 0 radical (unpaired) electrons. The molecule has 2 amide bonds. The Labute approximate surface area is 244 Å². The van der Waals surface area contributed by atoms with Gasteiger partial charge in [-0.1, -0.05) is 48.0 Å². The Morgan fingerprint density at radius 2 is 1.90 bits per heavy atom. The van der Waals surface area contributed by atoms with E-state index in [1.807, 2.05) is 60.8 Å². The Hall–Kier alpha value is -4.48. The number of anilines is 1. The summed E-state index contributed by atoms with van der Waals surface area (Å²) in [6, 6.07) is 19.3. The summed E-state index contributed by atoms with van der Waals surface area (Å²) in [5.41, 5.74) is 3.65. The van der Waals surface area contributed by atoms with Crippen LogP contribution in [0.5, 0.6) is 11.5 Å². The summed E-state index contributed by atoms with van der Waals surface area (Å²) in [5, 5.41) is 14.5. The van der Waals surface area contributed by atoms with Crippen molar-refractivity contribution in [2.75, 3.05) is 12.1 Å². The number of carbonyl (C=O) groups is 2. The van der Waals surface area contributed by atoms with Crippen LogP contribution in [0.4, 0.5) is 5.69 Å². The predicted octanol–water partition coefficient (Wildman–Crippen LogP) is 5.38. The van der Waals surface area contributed by atoms with Crippen LogP contribution in [-0.4, -0.2) is 49.5 Å². The number of hydrogen-bond acceptors (Lipinski definition) is 8. The van der Waals surface area contributed by atoms with Gasteiger partial charge < -0.3 is 19.7 Å². The van der Waals surface area contributed by atoms with E-state index in [0.717, 1.165) is 16.8 Å². The zero-order valence-corrected chi connectivity index (χ0v) is 23.6. The molecule has 0 fully saturated rings. The number of carbonyl (C=O) groups excluding carboxylic acids is 2. The van der Waals surface area contributed by atoms with Gasteiger partial charge in [0.15, 0.2) is 11.5 Å². The molecular weight excluding hydrogens is 564 g/mol. The molecule has 3 heterocycles. The second kappa shape index (κ2) is 11.6. The first-order chi connectivity index (χ1) is 20.0. The molecule has 208 valence electrons. The number of nitrogens with one attached hydrogen (secondary N) is 1. The smallest absolute Gasteiger partial charge is 0.247 e. The molecule has 0 saturated heterocycles. The summed E-state index contributed by atoms with van der Waals surface area (Å²) in [6.45, 7) is 2.08. The molecule has 10 nitrogen and oxygen atoms in total. The molecule has 1 atom stereocenters. The number of rotatable bonds is 9. The van der Waals surface area contributed by atoms with Crippen molar-refractivity contribution in [3.05, 3.63) is 82.1 Å². The third-order valence-electron chi connectivity index (χ3n) is 6.73. The molecule has 1 aliphatic rings. The number of amides is 2. The lowest BCUT2D eigenvalue weighted by atomic mass is 10.1. The van der Waals surface area contributed by atoms with E-state index in [-0.39, 0.29) is 31.7 Å². The van der Waals surface area contributed by atoms with Gasteiger partial charge in [0.25, 0.3) is 0 Å². The normalized spacial score (nSPS) is 12.8. The van der Waals surface area contributed by atoms with Crippen molar-refractivity contribution in [1.82, 2.24) is 24.9 Å². The first-order valence-corrected chi connectivity index (χ1v) is 14.2. The number of aromatic nitrogens is 4. The van der Waals surface area contributed by atoms with Crippen molar-refractivity contribution >= 4 is 51.5 Å². The Morgan fingerprint density at radius 3 is 2.73 bits per heavy atom. The van der Waals surface area contributed by atoms with Crippen LogP contribution in [-0.2, 0) is 22.7 Å². The third-order valence-corrected chi connectivity index (χ3v) is 7.81. The van der Waals surface area contributed by atoms with E-state index in [2.05, 4.69) is 15.6 Å². The highest BCUT2D eigenvalue weighted by Gasteiger charge is 2.30. The molecule has 2 aromatic heterocycles. The van der Waals surface area contributed by atoms with Crippen molar-refractivity contribution in [2.45, 2.75) is 32.5 Å². The minimum atomic E-state index is -0.773. The second-order valence-corrected chi connectivity index (χ2v) is 10.8. The number of thiazole rings is 1. The zero-order chi connectivity index (χ0) is 28.3. The van der Waals surface area contributed by atoms with E-state index in [1.54, 1.807) is 27.8 Å². The molecule has 6 rings (SSSR count). The van der Waals surface area contributed by atoms with Gasteiger partial charge in [0.2, 0.25) is 18.6 Å². The summed E-state index contributed by atoms with van der Waals surface area (Å²) in [5.74, 6) is 0.570. The van der Waals surface area contributed by atoms with E-state index in [0.29, 0.717) is 39.2 Å². The minimum Gasteiger partial charge on any atom is -0.454 e. The van der Waals surface area contributed by atoms with Gasteiger partial charge in [0.05, 0.1) is 17.8 Å². The van der Waals surface area contributed by atoms with E-state index < -0.39 is 6.04 Å². The largest absolute Gasteiger partial charge is 0.454 e. The monoisotopic (exact) mass is 588 g/mol. The maximum absolute atomic E-state index is 13.9. The van der Waals surface area contributed by atoms with Gasteiger partial charge in [-0.15, -0.1) is 16.4 Å². The van der Waals surface area contributed by atoms with Gasteiger partial charge in [-0.05, 0) is 42.8 Å². The molecule has 0 bridgehead atoms. The Morgan fingerprint density at radius 1 is 1.10 bits per heavy atom. The van der Waals surface area contributed by atoms with Gasteiger partial charge in [0, 0.05) is 27.7 Å². The molecule has 41 heavy (non-hydrogen) atoms. The predicted molar refractivity (Wildman–Crippen MR) is 156 cm³/mol. The molecular formula is C29H25ClN6O4S. The number of para-hydroxylation sites is 1. The number of nitrogens with zero attached hydrogens (tertiary/aromatic N) is 5. The van der Waals surface area contributed by atoms with Crippen LogP contribution in [0.25, 0.3) is 22.3 Å². The maximum Gasteiger partial charge on any atom is 0.247 e. The van der Waals surface area contributed by atoms with Crippen molar-refractivity contribution in [3.8, 4) is 22.8 Å². The van der Waals surface area contributed by atoms with Crippen molar-refractivity contribution < 1.29 is 19.1 Å². The summed E-state index contributed by atoms with van der Waals surface area (Å²) >= 11 is 7.47. The lowest BCUT2D eigenvalue weighted by Gasteiger charge is -2.29. The molecule has 0 spiro atoms. The SMILES string of the molecule is CCC(C(=O)Nc1ccc2c(c1)OCO2)N(Cc1nc(-c2ccc(Cl)cc2)cs1)C(=O)Cn1nnc2ccccc21. The number of benzene rings is 3. The quantitative estimate of drug-likeness (QED) is 0.246. The standard InChI is InChI=1S/C29H25ClN6O4S/c1-2-23(29(38)31-20-11-12-25-26(13-20)40-17-39-25)35(28(37)15-36-24-6-4-3-5-21(24)33-34-36)14-27-32-22(16-41-27)18-7-9-19(30)10-8-18/h3-13,16,23H,2,14-15,17H2,1H3,(H,31,38). The lowest BCUT2D eigenvalue weighted by molar-refractivity contribution is -0.140. The fraction of sp³-hybridized carbons (Fsp3) is 0.207. The fourth-order valence-electron chi connectivity index (χ4n) is 4.65. The summed E-state index contributed by atoms with van der Waals surface area (Å²) in [4.78, 5) is 33.8. The van der Waals surface area contributed by atoms with Crippen molar-refractivity contribution in [1.29, 1.82) is 0 Å². The molecule has 12 heteroatoms. The van der Waals surface area contributed by atoms with Gasteiger partial charge in [-0.25, -0.2) is 9.67 Å². The maximum atomic E-state index is 13.9. The van der Waals surface area contributed by atoms with Crippen LogP contribution in [0, 0.1) is 0 Å². The first-order valence-electron chi connectivity index (χ1n) is 13.0. The summed E-state index contributed by atoms with van der Waals surface area (Å²) in [6.07, 6.45) is 0.385. The van der Waals surface area contributed by atoms with Gasteiger partial charge in [0.1, 0.15) is 23.1 Å². The molecule has 1 unspecified atom stereocenters. The molecule has 0 saturated carbocycles. The van der Waals surface area contributed by atoms with Crippen LogP contribution in [0.1, 0.15) is 18.4 Å². The van der Waals surface area contributed by atoms with E-state index in [1.165, 1.54) is 11.3 Å². The van der Waals surface area contributed by atoms with Crippen molar-refractivity contribution in [2.24, 2.45) is 0 Å². The number of fused-ring (bicyclic) bond motifs is 2. The Bertz CT molecular complexity index is 1720. The molecule has 1 N–H and O–H groups in total. The molecule has 5 aromatic rings. The highest BCUT2D eigenvalue weighted by Crippen LogP contribution is 2.34. The summed E-state index contributed by atoms with van der Waals surface area (Å²) < 4.78 is 12.4. The zero-order valence-electron chi connectivity index (χ0n) is 22.0. The van der Waals surface area contributed by atoms with E-state index >= 15 is 0 Å². The van der Waals surface area contributed by atoms with Crippen LogP contribution >= 0.6 is 22.9 Å². The molecule has 1 aliphatic heterocycles. The average molecular weight is 589 g/mol. The Kier molecular flexibility index (Phi) is 7.53. The number of ether oxygens (including phenoxy) is 2. The minimum absolute atomic E-state index is 0.0796. The molecule has 3 aromatic carbocycles. The third kappa shape index (κ3) is 5.72.